The van der Waals surface area contributed by atoms with E-state index in [1.165, 1.54) is 6.26 Å². The van der Waals surface area contributed by atoms with Gasteiger partial charge >= 0.3 is 0 Å². The first kappa shape index (κ1) is 19.4. The van der Waals surface area contributed by atoms with Crippen LogP contribution in [0.5, 0.6) is 0 Å². The second-order valence-corrected chi connectivity index (χ2v) is 6.84. The molecule has 1 heterocycles. The molecule has 1 atom stereocenters. The Kier molecular flexibility index (Phi) is 7.97. The summed E-state index contributed by atoms with van der Waals surface area (Å²) in [6.45, 7) is 1.64. The van der Waals surface area contributed by atoms with Gasteiger partial charge in [0.25, 0.3) is 5.91 Å². The van der Waals surface area contributed by atoms with E-state index in [0.717, 1.165) is 0 Å². The van der Waals surface area contributed by atoms with Crippen LogP contribution in [0.3, 0.4) is 0 Å². The molecule has 1 amide bonds. The number of hydroxylamine groups is 1. The van der Waals surface area contributed by atoms with E-state index in [9.17, 15) is 9.59 Å². The fraction of sp³-hybridized carbons (Fsp3) is 0.143. The van der Waals surface area contributed by atoms with Gasteiger partial charge in [-0.2, -0.15) is 0 Å². The predicted octanol–water partition coefficient (Wildman–Crippen LogP) is 3.16. The minimum absolute atomic E-state index is 0.247. The van der Waals surface area contributed by atoms with Crippen molar-refractivity contribution in [1.82, 2.24) is 5.48 Å². The van der Waals surface area contributed by atoms with E-state index < -0.39 is 21.1 Å². The lowest BCUT2D eigenvalue weighted by atomic mass is 9.97. The van der Waals surface area contributed by atoms with E-state index in [0.29, 0.717) is 11.1 Å². The van der Waals surface area contributed by atoms with Gasteiger partial charge in [-0.25, -0.2) is 9.69 Å². The quantitative estimate of drug-likeness (QED) is 0.369. The summed E-state index contributed by atoms with van der Waals surface area (Å²) in [5.41, 5.74) is 2.67. The molecular formula is C14H13Cl2NO5S. The maximum Gasteiger partial charge on any atom is 0.250 e. The van der Waals surface area contributed by atoms with Gasteiger partial charge in [-0.1, -0.05) is 18.2 Å². The number of hydrogen-bond donors (Lipinski definition) is 2. The summed E-state index contributed by atoms with van der Waals surface area (Å²) in [5, 5.41) is 8.61. The van der Waals surface area contributed by atoms with Crippen LogP contribution in [0.4, 0.5) is 0 Å². The fourth-order valence-electron chi connectivity index (χ4n) is 1.75. The molecule has 2 aromatic rings. The van der Waals surface area contributed by atoms with Gasteiger partial charge < -0.3 is 4.42 Å². The summed E-state index contributed by atoms with van der Waals surface area (Å²) in [5.74, 6) is -1.07. The maximum atomic E-state index is 12.1. The predicted molar refractivity (Wildman–Crippen MR) is 86.8 cm³/mol. The molecule has 23 heavy (non-hydrogen) atoms. The third kappa shape index (κ3) is 6.15. The van der Waals surface area contributed by atoms with Crippen molar-refractivity contribution in [2.24, 2.45) is 0 Å². The number of benzene rings is 1. The normalized spacial score (nSPS) is 11.3. The zero-order chi connectivity index (χ0) is 17.4. The summed E-state index contributed by atoms with van der Waals surface area (Å²) in [7, 11) is 7.36. The summed E-state index contributed by atoms with van der Waals surface area (Å²) in [6.07, 6.45) is 1.43. The van der Waals surface area contributed by atoms with E-state index in [-0.39, 0.29) is 11.5 Å². The van der Waals surface area contributed by atoms with Gasteiger partial charge in [-0.3, -0.25) is 14.8 Å². The number of hydrogen-bond acceptors (Lipinski definition) is 5. The van der Waals surface area contributed by atoms with Crippen LogP contribution in [0.25, 0.3) is 0 Å². The molecule has 9 heteroatoms. The van der Waals surface area contributed by atoms with Gasteiger partial charge in [0, 0.05) is 26.9 Å². The summed E-state index contributed by atoms with van der Waals surface area (Å²) >= 11 is 0. The van der Waals surface area contributed by atoms with Crippen molar-refractivity contribution in [2.75, 3.05) is 0 Å². The number of nitrogens with one attached hydrogen (secondary N) is 1. The lowest BCUT2D eigenvalue weighted by Gasteiger charge is -2.10. The molecule has 0 radical (unpaired) electrons. The zero-order valence-corrected chi connectivity index (χ0v) is 14.2. The Morgan fingerprint density at radius 1 is 1.26 bits per heavy atom. The number of furan rings is 1. The highest BCUT2D eigenvalue weighted by molar-refractivity contribution is 8.26. The minimum Gasteiger partial charge on any atom is -0.461 e. The highest BCUT2D eigenvalue weighted by Gasteiger charge is 2.17. The largest absolute Gasteiger partial charge is 0.461 e. The average molecular weight is 378 g/mol. The maximum absolute atomic E-state index is 12.1. The van der Waals surface area contributed by atoms with Crippen molar-refractivity contribution in [1.29, 1.82) is 0 Å². The molecule has 0 unspecified atom stereocenters. The molecule has 124 valence electrons. The summed E-state index contributed by atoms with van der Waals surface area (Å²) in [4.78, 5) is 23.4. The molecule has 1 aromatic heterocycles. The summed E-state index contributed by atoms with van der Waals surface area (Å²) in [6, 6.07) is 9.89. The second kappa shape index (κ2) is 9.46. The monoisotopic (exact) mass is 377 g/mol. The first-order chi connectivity index (χ1) is 10.9. The van der Waals surface area contributed by atoms with Crippen molar-refractivity contribution in [3.8, 4) is 0 Å². The Hall–Kier alpha value is -1.67. The standard InChI is InChI=1S/C14H13NO4.Cl2OS/c1-9(14(17)15-18)10-4-2-5-11(8-10)13(16)12-6-3-7-19-12;1-4(2)3/h2-9,18H,1H3,(H,15,17);/t9-;/m1./s1. The molecule has 0 aliphatic heterocycles. The Morgan fingerprint density at radius 3 is 2.43 bits per heavy atom. The fourth-order valence-corrected chi connectivity index (χ4v) is 1.75. The number of carbonyl (C=O) groups is 2. The molecule has 0 spiro atoms. The second-order valence-electron chi connectivity index (χ2n) is 4.31. The van der Waals surface area contributed by atoms with Crippen LogP contribution < -0.4 is 5.48 Å². The van der Waals surface area contributed by atoms with Crippen molar-refractivity contribution in [3.05, 3.63) is 59.5 Å². The van der Waals surface area contributed by atoms with Crippen molar-refractivity contribution in [3.63, 3.8) is 0 Å². The van der Waals surface area contributed by atoms with Gasteiger partial charge in [0.05, 0.1) is 12.2 Å². The highest BCUT2D eigenvalue weighted by Crippen LogP contribution is 2.19. The van der Waals surface area contributed by atoms with E-state index in [1.807, 2.05) is 0 Å². The van der Waals surface area contributed by atoms with Crippen LogP contribution in [0, 0.1) is 0 Å². The third-order valence-corrected chi connectivity index (χ3v) is 2.90. The number of halogens is 2. The molecule has 0 saturated heterocycles. The van der Waals surface area contributed by atoms with E-state index >= 15 is 0 Å². The van der Waals surface area contributed by atoms with Gasteiger partial charge in [0.15, 0.2) is 5.76 Å². The topological polar surface area (TPSA) is 96.6 Å². The Labute approximate surface area is 143 Å². The summed E-state index contributed by atoms with van der Waals surface area (Å²) < 4.78 is 14.1. The van der Waals surface area contributed by atoms with Crippen LogP contribution in [0.15, 0.2) is 47.1 Å². The molecule has 0 aliphatic carbocycles. The first-order valence-electron chi connectivity index (χ1n) is 6.23. The van der Waals surface area contributed by atoms with E-state index in [2.05, 4.69) is 21.4 Å². The first-order valence-corrected chi connectivity index (χ1v) is 9.03. The zero-order valence-electron chi connectivity index (χ0n) is 11.9. The van der Waals surface area contributed by atoms with E-state index in [1.54, 1.807) is 48.8 Å². The van der Waals surface area contributed by atoms with Crippen LogP contribution in [-0.4, -0.2) is 21.1 Å². The van der Waals surface area contributed by atoms with Crippen molar-refractivity contribution >= 4 is 42.3 Å². The van der Waals surface area contributed by atoms with Crippen LogP contribution in [-0.2, 0) is 14.0 Å². The molecule has 0 saturated carbocycles. The Morgan fingerprint density at radius 2 is 1.91 bits per heavy atom. The lowest BCUT2D eigenvalue weighted by molar-refractivity contribution is -0.130. The van der Waals surface area contributed by atoms with Crippen LogP contribution >= 0.6 is 21.4 Å². The number of carbonyl (C=O) groups excluding carboxylic acids is 2. The molecule has 6 nitrogen and oxygen atoms in total. The van der Waals surface area contributed by atoms with Gasteiger partial charge in [0.2, 0.25) is 15.0 Å². The Bertz CT molecular complexity index is 686. The van der Waals surface area contributed by atoms with Crippen LogP contribution in [0.2, 0.25) is 0 Å². The molecule has 1 aromatic carbocycles. The molecule has 0 fully saturated rings. The molecule has 2 rings (SSSR count). The highest BCUT2D eigenvalue weighted by atomic mass is 36.0. The van der Waals surface area contributed by atoms with Crippen LogP contribution in [0.1, 0.15) is 34.5 Å². The van der Waals surface area contributed by atoms with Gasteiger partial charge in [-0.05, 0) is 30.7 Å². The molecular weight excluding hydrogens is 365 g/mol. The lowest BCUT2D eigenvalue weighted by Crippen LogP contribution is -2.24. The number of ketones is 1. The average Bonchev–Trinajstić information content (AvgIpc) is 3.06. The Balaban J connectivity index is 0.000000593. The molecule has 0 bridgehead atoms. The smallest absolute Gasteiger partial charge is 0.250 e. The number of amides is 1. The molecule has 0 aliphatic rings. The number of rotatable bonds is 4. The van der Waals surface area contributed by atoms with E-state index in [4.69, 9.17) is 13.8 Å². The van der Waals surface area contributed by atoms with Gasteiger partial charge in [-0.15, -0.1) is 0 Å². The SMILES string of the molecule is C[C@@H](C(=O)NO)c1cccc(C(=O)c2ccco2)c1.O=S(Cl)Cl. The third-order valence-electron chi connectivity index (χ3n) is 2.90. The van der Waals surface area contributed by atoms with Crippen molar-refractivity contribution < 1.29 is 23.4 Å². The minimum atomic E-state index is -1.67. The van der Waals surface area contributed by atoms with Crippen molar-refractivity contribution in [2.45, 2.75) is 12.8 Å². The van der Waals surface area contributed by atoms with Gasteiger partial charge in [0.1, 0.15) is 0 Å². The molecule has 2 N–H and O–H groups in total.